The van der Waals surface area contributed by atoms with Crippen LogP contribution in [0.3, 0.4) is 0 Å². The zero-order valence-corrected chi connectivity index (χ0v) is 15.8. The van der Waals surface area contributed by atoms with Crippen molar-refractivity contribution in [3.05, 3.63) is 71.0 Å². The first-order valence-electron chi connectivity index (χ1n) is 9.37. The summed E-state index contributed by atoms with van der Waals surface area (Å²) < 4.78 is 40.1. The second-order valence-electron chi connectivity index (χ2n) is 7.16. The van der Waals surface area contributed by atoms with E-state index in [1.807, 2.05) is 25.1 Å². The van der Waals surface area contributed by atoms with Crippen molar-refractivity contribution in [2.75, 3.05) is 32.7 Å². The number of benzene rings is 2. The number of amides is 1. The van der Waals surface area contributed by atoms with Gasteiger partial charge in [-0.3, -0.25) is 14.6 Å². The zero-order chi connectivity index (χ0) is 20.1. The molecule has 0 saturated carbocycles. The minimum absolute atomic E-state index is 0.249. The summed E-state index contributed by atoms with van der Waals surface area (Å²) in [5, 5.41) is 2.66. The SMILES string of the molecule is C[C@@H](CN1CCN(Cc2ccccc2)CC1)NC(=O)c1ccc(F)c(F)c1F. The molecule has 0 aliphatic carbocycles. The Labute approximate surface area is 162 Å². The Morgan fingerprint density at radius 2 is 1.61 bits per heavy atom. The van der Waals surface area contributed by atoms with Gasteiger partial charge in [-0.25, -0.2) is 13.2 Å². The molecule has 1 fully saturated rings. The van der Waals surface area contributed by atoms with Gasteiger partial charge in [-0.1, -0.05) is 30.3 Å². The molecule has 0 unspecified atom stereocenters. The molecule has 4 nitrogen and oxygen atoms in total. The highest BCUT2D eigenvalue weighted by atomic mass is 19.2. The summed E-state index contributed by atoms with van der Waals surface area (Å²) in [5.41, 5.74) is 0.795. The van der Waals surface area contributed by atoms with E-state index >= 15 is 0 Å². The molecule has 150 valence electrons. The van der Waals surface area contributed by atoms with Crippen LogP contribution in [0, 0.1) is 17.5 Å². The fourth-order valence-electron chi connectivity index (χ4n) is 3.41. The van der Waals surface area contributed by atoms with Gasteiger partial charge in [0.2, 0.25) is 0 Å². The van der Waals surface area contributed by atoms with Crippen molar-refractivity contribution in [3.63, 3.8) is 0 Å². The summed E-state index contributed by atoms with van der Waals surface area (Å²) in [4.78, 5) is 16.8. The minimum Gasteiger partial charge on any atom is -0.348 e. The van der Waals surface area contributed by atoms with Gasteiger partial charge in [0.15, 0.2) is 17.5 Å². The van der Waals surface area contributed by atoms with Crippen LogP contribution < -0.4 is 5.32 Å². The molecule has 1 saturated heterocycles. The van der Waals surface area contributed by atoms with Gasteiger partial charge in [-0.2, -0.15) is 0 Å². The van der Waals surface area contributed by atoms with Gasteiger partial charge in [0.1, 0.15) is 0 Å². The Balaban J connectivity index is 1.46. The lowest BCUT2D eigenvalue weighted by atomic mass is 10.1. The molecule has 0 bridgehead atoms. The van der Waals surface area contributed by atoms with E-state index < -0.39 is 28.9 Å². The molecule has 2 aromatic rings. The molecular formula is C21H24F3N3O. The van der Waals surface area contributed by atoms with Crippen LogP contribution in [0.5, 0.6) is 0 Å². The fourth-order valence-corrected chi connectivity index (χ4v) is 3.41. The number of hydrogen-bond acceptors (Lipinski definition) is 3. The summed E-state index contributed by atoms with van der Waals surface area (Å²) >= 11 is 0. The molecule has 1 atom stereocenters. The maximum absolute atomic E-state index is 13.8. The predicted molar refractivity (Wildman–Crippen MR) is 101 cm³/mol. The highest BCUT2D eigenvalue weighted by Gasteiger charge is 2.22. The third-order valence-electron chi connectivity index (χ3n) is 4.90. The lowest BCUT2D eigenvalue weighted by Gasteiger charge is -2.36. The quantitative estimate of drug-likeness (QED) is 0.769. The van der Waals surface area contributed by atoms with Gasteiger partial charge in [0.25, 0.3) is 5.91 Å². The topological polar surface area (TPSA) is 35.6 Å². The number of carbonyl (C=O) groups excluding carboxylic acids is 1. The van der Waals surface area contributed by atoms with Gasteiger partial charge < -0.3 is 5.32 Å². The number of nitrogens with zero attached hydrogens (tertiary/aromatic N) is 2. The molecule has 0 aromatic heterocycles. The maximum Gasteiger partial charge on any atom is 0.254 e. The third-order valence-corrected chi connectivity index (χ3v) is 4.90. The molecule has 28 heavy (non-hydrogen) atoms. The van der Waals surface area contributed by atoms with E-state index in [0.717, 1.165) is 44.9 Å². The number of piperazine rings is 1. The fraction of sp³-hybridized carbons (Fsp3) is 0.381. The average Bonchev–Trinajstić information content (AvgIpc) is 2.68. The van der Waals surface area contributed by atoms with Crippen molar-refractivity contribution in [2.45, 2.75) is 19.5 Å². The third kappa shape index (κ3) is 5.11. The molecule has 3 rings (SSSR count). The number of rotatable bonds is 6. The molecule has 1 aliphatic rings. The summed E-state index contributed by atoms with van der Waals surface area (Å²) in [5.74, 6) is -5.14. The van der Waals surface area contributed by atoms with Crippen molar-refractivity contribution in [1.82, 2.24) is 15.1 Å². The smallest absolute Gasteiger partial charge is 0.254 e. The minimum atomic E-state index is -1.63. The van der Waals surface area contributed by atoms with E-state index in [4.69, 9.17) is 0 Å². The molecule has 1 N–H and O–H groups in total. The van der Waals surface area contributed by atoms with E-state index in [9.17, 15) is 18.0 Å². The van der Waals surface area contributed by atoms with Crippen molar-refractivity contribution in [1.29, 1.82) is 0 Å². The Kier molecular flexibility index (Phi) is 6.70. The van der Waals surface area contributed by atoms with E-state index in [0.29, 0.717) is 6.54 Å². The van der Waals surface area contributed by atoms with Crippen molar-refractivity contribution < 1.29 is 18.0 Å². The largest absolute Gasteiger partial charge is 0.348 e. The van der Waals surface area contributed by atoms with Gasteiger partial charge in [-0.05, 0) is 24.6 Å². The summed E-state index contributed by atoms with van der Waals surface area (Å²) in [6.07, 6.45) is 0. The van der Waals surface area contributed by atoms with E-state index in [2.05, 4.69) is 27.2 Å². The highest BCUT2D eigenvalue weighted by Crippen LogP contribution is 2.15. The number of carbonyl (C=O) groups is 1. The first-order chi connectivity index (χ1) is 13.4. The molecule has 1 heterocycles. The predicted octanol–water partition coefficient (Wildman–Crippen LogP) is 3.04. The van der Waals surface area contributed by atoms with Crippen LogP contribution in [0.1, 0.15) is 22.8 Å². The summed E-state index contributed by atoms with van der Waals surface area (Å²) in [6.45, 7) is 6.92. The van der Waals surface area contributed by atoms with Crippen molar-refractivity contribution in [3.8, 4) is 0 Å². The first kappa shape index (κ1) is 20.4. The normalized spacial score (nSPS) is 16.7. The summed E-state index contributed by atoms with van der Waals surface area (Å²) in [6, 6.07) is 11.8. The van der Waals surface area contributed by atoms with Crippen LogP contribution in [-0.4, -0.2) is 54.5 Å². The van der Waals surface area contributed by atoms with Crippen LogP contribution in [-0.2, 0) is 6.54 Å². The number of nitrogens with one attached hydrogen (secondary N) is 1. The van der Waals surface area contributed by atoms with E-state index in [-0.39, 0.29) is 6.04 Å². The second kappa shape index (κ2) is 9.21. The average molecular weight is 391 g/mol. The van der Waals surface area contributed by atoms with Gasteiger partial charge in [-0.15, -0.1) is 0 Å². The van der Waals surface area contributed by atoms with Crippen molar-refractivity contribution in [2.24, 2.45) is 0 Å². The maximum atomic E-state index is 13.8. The molecule has 0 spiro atoms. The van der Waals surface area contributed by atoms with E-state index in [1.54, 1.807) is 0 Å². The van der Waals surface area contributed by atoms with Crippen LogP contribution in [0.15, 0.2) is 42.5 Å². The van der Waals surface area contributed by atoms with Crippen LogP contribution in [0.25, 0.3) is 0 Å². The monoisotopic (exact) mass is 391 g/mol. The van der Waals surface area contributed by atoms with Crippen LogP contribution >= 0.6 is 0 Å². The molecule has 1 amide bonds. The zero-order valence-electron chi connectivity index (χ0n) is 15.8. The first-order valence-corrected chi connectivity index (χ1v) is 9.37. The summed E-state index contributed by atoms with van der Waals surface area (Å²) in [7, 11) is 0. The Morgan fingerprint density at radius 1 is 0.964 bits per heavy atom. The van der Waals surface area contributed by atoms with Gasteiger partial charge >= 0.3 is 0 Å². The molecular weight excluding hydrogens is 367 g/mol. The number of halogens is 3. The van der Waals surface area contributed by atoms with E-state index in [1.165, 1.54) is 5.56 Å². The molecule has 1 aliphatic heterocycles. The standard InChI is InChI=1S/C21H24F3N3O/c1-15(25-21(28)17-7-8-18(22)20(24)19(17)23)13-26-9-11-27(12-10-26)14-16-5-3-2-4-6-16/h2-8,15H,9-14H2,1H3,(H,25,28)/t15-/m0/s1. The molecule has 2 aromatic carbocycles. The lowest BCUT2D eigenvalue weighted by Crippen LogP contribution is -2.50. The Hall–Kier alpha value is -2.38. The molecule has 0 radical (unpaired) electrons. The van der Waals surface area contributed by atoms with Gasteiger partial charge in [0.05, 0.1) is 5.56 Å². The number of hydrogen-bond donors (Lipinski definition) is 1. The van der Waals surface area contributed by atoms with Crippen molar-refractivity contribution >= 4 is 5.91 Å². The highest BCUT2D eigenvalue weighted by molar-refractivity contribution is 5.94. The molecule has 7 heteroatoms. The second-order valence-corrected chi connectivity index (χ2v) is 7.16. The van der Waals surface area contributed by atoms with Crippen LogP contribution in [0.2, 0.25) is 0 Å². The lowest BCUT2D eigenvalue weighted by molar-refractivity contribution is 0.0896. The Bertz CT molecular complexity index is 808. The van der Waals surface area contributed by atoms with Crippen LogP contribution in [0.4, 0.5) is 13.2 Å². The van der Waals surface area contributed by atoms with Gasteiger partial charge in [0, 0.05) is 45.3 Å². The Morgan fingerprint density at radius 3 is 2.29 bits per heavy atom.